The summed E-state index contributed by atoms with van der Waals surface area (Å²) in [6.45, 7) is 4.21. The fourth-order valence-corrected chi connectivity index (χ4v) is 4.33. The fraction of sp³-hybridized carbons (Fsp3) is 0.250. The van der Waals surface area contributed by atoms with Gasteiger partial charge in [0.05, 0.1) is 17.2 Å². The summed E-state index contributed by atoms with van der Waals surface area (Å²) in [5.41, 5.74) is 2.57. The molecule has 0 saturated carbocycles. The summed E-state index contributed by atoms with van der Waals surface area (Å²) < 4.78 is 0. The highest BCUT2D eigenvalue weighted by Crippen LogP contribution is 2.27. The molecule has 5 nitrogen and oxygen atoms in total. The lowest BCUT2D eigenvalue weighted by Crippen LogP contribution is -2.51. The zero-order valence-electron chi connectivity index (χ0n) is 18.9. The van der Waals surface area contributed by atoms with E-state index in [1.54, 1.807) is 24.3 Å². The van der Waals surface area contributed by atoms with Crippen molar-refractivity contribution < 1.29 is 14.4 Å². The highest BCUT2D eigenvalue weighted by molar-refractivity contribution is 6.22. The van der Waals surface area contributed by atoms with Crippen LogP contribution in [0, 0.1) is 5.92 Å². The smallest absolute Gasteiger partial charge is 0.262 e. The lowest BCUT2D eigenvalue weighted by molar-refractivity contribution is -0.125. The van der Waals surface area contributed by atoms with Crippen molar-refractivity contribution in [3.63, 3.8) is 0 Å². The molecule has 1 N–H and O–H groups in total. The van der Waals surface area contributed by atoms with E-state index >= 15 is 0 Å². The summed E-state index contributed by atoms with van der Waals surface area (Å²) in [4.78, 5) is 41.2. The van der Waals surface area contributed by atoms with Gasteiger partial charge in [0.15, 0.2) is 0 Å². The van der Waals surface area contributed by atoms with E-state index in [0.29, 0.717) is 17.0 Å². The summed E-state index contributed by atoms with van der Waals surface area (Å²) in [5.74, 6) is -0.830. The number of hydrogen-bond donors (Lipinski definition) is 1. The molecule has 0 saturated heterocycles. The molecule has 1 aliphatic heterocycles. The topological polar surface area (TPSA) is 66.5 Å². The fourth-order valence-electron chi connectivity index (χ4n) is 4.33. The van der Waals surface area contributed by atoms with Gasteiger partial charge in [0.25, 0.3) is 11.8 Å². The number of rotatable bonds is 8. The molecule has 3 amide bonds. The summed E-state index contributed by atoms with van der Waals surface area (Å²) >= 11 is 0. The minimum Gasteiger partial charge on any atom is -0.347 e. The van der Waals surface area contributed by atoms with Crippen molar-refractivity contribution in [3.05, 3.63) is 107 Å². The van der Waals surface area contributed by atoms with E-state index in [1.165, 1.54) is 0 Å². The highest BCUT2D eigenvalue weighted by Gasteiger charge is 2.43. The van der Waals surface area contributed by atoms with Crippen molar-refractivity contribution in [1.82, 2.24) is 10.2 Å². The van der Waals surface area contributed by atoms with Gasteiger partial charge in [-0.2, -0.15) is 0 Å². The maximum absolute atomic E-state index is 13.7. The van der Waals surface area contributed by atoms with Gasteiger partial charge in [-0.1, -0.05) is 86.6 Å². The minimum absolute atomic E-state index is 0.216. The molecule has 0 spiro atoms. The van der Waals surface area contributed by atoms with Gasteiger partial charge in [0.1, 0.15) is 6.04 Å². The molecule has 1 aliphatic rings. The average Bonchev–Trinajstić information content (AvgIpc) is 3.08. The van der Waals surface area contributed by atoms with Gasteiger partial charge in [-0.15, -0.1) is 0 Å². The van der Waals surface area contributed by atoms with Crippen LogP contribution in [0.2, 0.25) is 0 Å². The van der Waals surface area contributed by atoms with Gasteiger partial charge in [0, 0.05) is 6.42 Å². The normalized spacial score (nSPS) is 14.8. The Kier molecular flexibility index (Phi) is 6.68. The van der Waals surface area contributed by atoms with Crippen LogP contribution in [-0.2, 0) is 11.2 Å². The van der Waals surface area contributed by atoms with E-state index < -0.39 is 17.9 Å². The van der Waals surface area contributed by atoms with Crippen molar-refractivity contribution in [2.45, 2.75) is 38.8 Å². The maximum atomic E-state index is 13.7. The van der Waals surface area contributed by atoms with E-state index in [0.717, 1.165) is 22.4 Å². The minimum atomic E-state index is -0.946. The molecular formula is C28H28N2O3. The van der Waals surface area contributed by atoms with Gasteiger partial charge in [0.2, 0.25) is 5.91 Å². The van der Waals surface area contributed by atoms with Gasteiger partial charge in [-0.3, -0.25) is 19.3 Å². The van der Waals surface area contributed by atoms with Crippen LogP contribution in [0.1, 0.15) is 58.2 Å². The second-order valence-electron chi connectivity index (χ2n) is 8.83. The van der Waals surface area contributed by atoms with E-state index in [9.17, 15) is 14.4 Å². The van der Waals surface area contributed by atoms with Gasteiger partial charge in [-0.05, 0) is 35.6 Å². The highest BCUT2D eigenvalue weighted by atomic mass is 16.2. The Balaban J connectivity index is 1.67. The molecule has 0 radical (unpaired) electrons. The molecule has 0 fully saturated rings. The summed E-state index contributed by atoms with van der Waals surface area (Å²) in [5, 5.41) is 3.14. The number of carbonyl (C=O) groups excluding carboxylic acids is 3. The van der Waals surface area contributed by atoms with Crippen LogP contribution in [0.3, 0.4) is 0 Å². The molecule has 33 heavy (non-hydrogen) atoms. The molecule has 0 unspecified atom stereocenters. The van der Waals surface area contributed by atoms with Crippen LogP contribution in [0.5, 0.6) is 0 Å². The van der Waals surface area contributed by atoms with Crippen molar-refractivity contribution >= 4 is 17.7 Å². The molecule has 0 bridgehead atoms. The van der Waals surface area contributed by atoms with E-state index in [2.05, 4.69) is 19.2 Å². The second kappa shape index (κ2) is 9.82. The van der Waals surface area contributed by atoms with Crippen LogP contribution in [0.4, 0.5) is 0 Å². The number of nitrogens with zero attached hydrogens (tertiary/aromatic N) is 1. The first-order valence-electron chi connectivity index (χ1n) is 11.3. The lowest BCUT2D eigenvalue weighted by atomic mass is 9.96. The van der Waals surface area contributed by atoms with Gasteiger partial charge in [-0.25, -0.2) is 0 Å². The molecule has 2 atom stereocenters. The Morgan fingerprint density at radius 1 is 0.788 bits per heavy atom. The molecule has 0 aromatic heterocycles. The number of fused-ring (bicyclic) bond motifs is 1. The number of imide groups is 1. The SMILES string of the molecule is CC(C)C[C@@H](NC(=O)[C@H](Cc1ccccc1)N1C(=O)c2ccccc2C1=O)c1ccccc1. The number of nitrogens with one attached hydrogen (secondary N) is 1. The molecule has 3 aromatic rings. The predicted molar refractivity (Wildman–Crippen MR) is 128 cm³/mol. The largest absolute Gasteiger partial charge is 0.347 e. The summed E-state index contributed by atoms with van der Waals surface area (Å²) in [7, 11) is 0. The van der Waals surface area contributed by atoms with Crippen molar-refractivity contribution in [3.8, 4) is 0 Å². The zero-order valence-corrected chi connectivity index (χ0v) is 18.9. The molecular weight excluding hydrogens is 412 g/mol. The lowest BCUT2D eigenvalue weighted by Gasteiger charge is -2.29. The number of carbonyl (C=O) groups is 3. The van der Waals surface area contributed by atoms with Crippen LogP contribution in [0.15, 0.2) is 84.9 Å². The van der Waals surface area contributed by atoms with Crippen LogP contribution >= 0.6 is 0 Å². The van der Waals surface area contributed by atoms with Crippen LogP contribution in [-0.4, -0.2) is 28.7 Å². The average molecular weight is 441 g/mol. The molecule has 5 heteroatoms. The molecule has 3 aromatic carbocycles. The Labute approximate surface area is 194 Å². The first-order valence-corrected chi connectivity index (χ1v) is 11.3. The molecule has 168 valence electrons. The number of hydrogen-bond acceptors (Lipinski definition) is 3. The summed E-state index contributed by atoms with van der Waals surface area (Å²) in [6.07, 6.45) is 0.997. The molecule has 1 heterocycles. The summed E-state index contributed by atoms with van der Waals surface area (Å²) in [6, 6.07) is 24.9. The molecule has 4 rings (SSSR count). The monoisotopic (exact) mass is 440 g/mol. The Morgan fingerprint density at radius 2 is 1.30 bits per heavy atom. The second-order valence-corrected chi connectivity index (χ2v) is 8.83. The first kappa shape index (κ1) is 22.5. The zero-order chi connectivity index (χ0) is 23.4. The first-order chi connectivity index (χ1) is 16.0. The standard InChI is InChI=1S/C28H28N2O3/c1-19(2)17-24(21-13-7-4-8-14-21)29-26(31)25(18-20-11-5-3-6-12-20)30-27(32)22-15-9-10-16-23(22)28(30)33/h3-16,19,24-25H,17-18H2,1-2H3,(H,29,31)/t24-,25+/m1/s1. The number of amides is 3. The Hall–Kier alpha value is -3.73. The van der Waals surface area contributed by atoms with Crippen LogP contribution in [0.25, 0.3) is 0 Å². The van der Waals surface area contributed by atoms with Gasteiger partial charge >= 0.3 is 0 Å². The molecule has 0 aliphatic carbocycles. The van der Waals surface area contributed by atoms with Gasteiger partial charge < -0.3 is 5.32 Å². The predicted octanol–water partition coefficient (Wildman–Crippen LogP) is 4.80. The van der Waals surface area contributed by atoms with E-state index in [-0.39, 0.29) is 18.4 Å². The van der Waals surface area contributed by atoms with E-state index in [1.807, 2.05) is 60.7 Å². The Bertz CT molecular complexity index is 1110. The third kappa shape index (κ3) is 4.87. The third-order valence-corrected chi connectivity index (χ3v) is 5.94. The quantitative estimate of drug-likeness (QED) is 0.512. The van der Waals surface area contributed by atoms with Crippen molar-refractivity contribution in [2.24, 2.45) is 5.92 Å². The van der Waals surface area contributed by atoms with Crippen molar-refractivity contribution in [2.75, 3.05) is 0 Å². The third-order valence-electron chi connectivity index (χ3n) is 5.94. The van der Waals surface area contributed by atoms with Crippen LogP contribution < -0.4 is 5.32 Å². The Morgan fingerprint density at radius 3 is 1.85 bits per heavy atom. The van der Waals surface area contributed by atoms with Crippen molar-refractivity contribution in [1.29, 1.82) is 0 Å². The van der Waals surface area contributed by atoms with E-state index in [4.69, 9.17) is 0 Å². The maximum Gasteiger partial charge on any atom is 0.262 e. The number of benzene rings is 3.